The van der Waals surface area contributed by atoms with Crippen molar-refractivity contribution in [2.45, 2.75) is 32.6 Å². The van der Waals surface area contributed by atoms with Gasteiger partial charge in [-0.2, -0.15) is 0 Å². The van der Waals surface area contributed by atoms with Crippen LogP contribution in [0.3, 0.4) is 0 Å². The topological polar surface area (TPSA) is 26.1 Å². The molecule has 0 saturated carbocycles. The van der Waals surface area contributed by atoms with E-state index in [0.29, 0.717) is 5.11 Å². The second-order valence-electron chi connectivity index (χ2n) is 4.09. The van der Waals surface area contributed by atoms with E-state index in [0.717, 1.165) is 18.0 Å². The predicted molar refractivity (Wildman–Crippen MR) is 61.7 cm³/mol. The molecule has 0 amide bonds. The number of hydrogen-bond acceptors (Lipinski definition) is 1. The van der Waals surface area contributed by atoms with Crippen molar-refractivity contribution in [1.29, 1.82) is 0 Å². The molecule has 1 atom stereocenters. The third kappa shape index (κ3) is 2.35. The van der Waals surface area contributed by atoms with E-state index in [-0.39, 0.29) is 0 Å². The first-order chi connectivity index (χ1) is 6.74. The number of nitrogens with zero attached hydrogens (tertiary/aromatic N) is 1. The third-order valence-corrected chi connectivity index (χ3v) is 3.06. The van der Waals surface area contributed by atoms with Crippen molar-refractivity contribution < 1.29 is 0 Å². The number of thiocarbonyl (C=S) groups is 1. The van der Waals surface area contributed by atoms with Gasteiger partial charge in [0.2, 0.25) is 0 Å². The number of allylic oxidation sites excluding steroid dienone is 3. The average molecular weight is 207 g/mol. The molecular weight excluding hydrogens is 192 g/mol. The molecule has 3 heteroatoms. The molecule has 1 N–H and O–H groups in total. The first-order valence-corrected chi connectivity index (χ1v) is 5.52. The summed E-state index contributed by atoms with van der Waals surface area (Å²) in [5, 5.41) is 7.83. The molecule has 2 aliphatic rings. The van der Waals surface area contributed by atoms with E-state index < -0.39 is 0 Å². The lowest BCUT2D eigenvalue weighted by Crippen LogP contribution is -2.16. The van der Waals surface area contributed by atoms with Crippen LogP contribution in [0.4, 0.5) is 0 Å². The zero-order valence-corrected chi connectivity index (χ0v) is 9.23. The van der Waals surface area contributed by atoms with Gasteiger partial charge in [0, 0.05) is 6.20 Å². The minimum Gasteiger partial charge on any atom is -0.336 e. The standard InChI is InChI=1S/C11H15N2S/c1-8-2-4-9(5-3-8)6-10-7-12-11(14)13-10/h2,7,9H,3-6H2,1H3,(H,12,14). The van der Waals surface area contributed by atoms with Crippen molar-refractivity contribution >= 4 is 17.3 Å². The molecule has 1 heterocycles. The van der Waals surface area contributed by atoms with Crippen molar-refractivity contribution in [3.05, 3.63) is 23.5 Å². The van der Waals surface area contributed by atoms with Gasteiger partial charge in [-0.25, -0.2) is 5.32 Å². The van der Waals surface area contributed by atoms with Crippen molar-refractivity contribution in [2.24, 2.45) is 5.92 Å². The van der Waals surface area contributed by atoms with Gasteiger partial charge >= 0.3 is 0 Å². The maximum Gasteiger partial charge on any atom is 0.197 e. The van der Waals surface area contributed by atoms with Crippen LogP contribution in [0.1, 0.15) is 32.6 Å². The fraction of sp³-hybridized carbons (Fsp3) is 0.545. The van der Waals surface area contributed by atoms with E-state index in [2.05, 4.69) is 23.6 Å². The largest absolute Gasteiger partial charge is 0.336 e. The molecular formula is C11H15N2S. The van der Waals surface area contributed by atoms with Gasteiger partial charge in [0.25, 0.3) is 0 Å². The molecule has 0 bridgehead atoms. The molecule has 1 radical (unpaired) electrons. The molecule has 0 aromatic rings. The van der Waals surface area contributed by atoms with Crippen LogP contribution in [0.15, 0.2) is 23.5 Å². The Balaban J connectivity index is 1.84. The Bertz CT molecular complexity index is 304. The van der Waals surface area contributed by atoms with Gasteiger partial charge in [0.05, 0.1) is 5.70 Å². The van der Waals surface area contributed by atoms with Gasteiger partial charge in [-0.1, -0.05) is 11.6 Å². The summed E-state index contributed by atoms with van der Waals surface area (Å²) >= 11 is 4.94. The van der Waals surface area contributed by atoms with Gasteiger partial charge < -0.3 is 5.32 Å². The first kappa shape index (κ1) is 9.71. The lowest BCUT2D eigenvalue weighted by molar-refractivity contribution is 0.461. The Kier molecular flexibility index (Phi) is 2.87. The molecule has 0 saturated heterocycles. The molecule has 14 heavy (non-hydrogen) atoms. The summed E-state index contributed by atoms with van der Waals surface area (Å²) in [6.07, 6.45) is 9.10. The maximum atomic E-state index is 4.94. The van der Waals surface area contributed by atoms with Gasteiger partial charge in [-0.05, 0) is 50.7 Å². The van der Waals surface area contributed by atoms with Crippen LogP contribution in [0, 0.1) is 5.92 Å². The summed E-state index contributed by atoms with van der Waals surface area (Å²) in [7, 11) is 0. The van der Waals surface area contributed by atoms with Crippen molar-refractivity contribution in [2.75, 3.05) is 0 Å². The summed E-state index contributed by atoms with van der Waals surface area (Å²) in [4.78, 5) is 0. The van der Waals surface area contributed by atoms with Gasteiger partial charge in [0.1, 0.15) is 0 Å². The normalized spacial score (nSPS) is 26.4. The van der Waals surface area contributed by atoms with Crippen molar-refractivity contribution in [3.8, 4) is 0 Å². The van der Waals surface area contributed by atoms with Gasteiger partial charge in [-0.3, -0.25) is 0 Å². The summed E-state index contributed by atoms with van der Waals surface area (Å²) in [5.41, 5.74) is 2.65. The Morgan fingerprint density at radius 1 is 1.64 bits per heavy atom. The fourth-order valence-electron chi connectivity index (χ4n) is 1.95. The van der Waals surface area contributed by atoms with Crippen LogP contribution in [-0.2, 0) is 0 Å². The summed E-state index contributed by atoms with van der Waals surface area (Å²) < 4.78 is 0. The smallest absolute Gasteiger partial charge is 0.197 e. The quantitative estimate of drug-likeness (QED) is 0.556. The van der Waals surface area contributed by atoms with E-state index in [1.807, 2.05) is 6.20 Å². The second-order valence-corrected chi connectivity index (χ2v) is 4.48. The Morgan fingerprint density at radius 2 is 2.50 bits per heavy atom. The van der Waals surface area contributed by atoms with Crippen LogP contribution in [0.25, 0.3) is 0 Å². The molecule has 0 aromatic carbocycles. The Morgan fingerprint density at radius 3 is 3.07 bits per heavy atom. The minimum atomic E-state index is 0.613. The molecule has 75 valence electrons. The minimum absolute atomic E-state index is 0.613. The van der Waals surface area contributed by atoms with E-state index >= 15 is 0 Å². The summed E-state index contributed by atoms with van der Waals surface area (Å²) in [6.45, 7) is 2.21. The average Bonchev–Trinajstić information content (AvgIpc) is 2.56. The highest BCUT2D eigenvalue weighted by atomic mass is 32.1. The fourth-order valence-corrected chi connectivity index (χ4v) is 2.12. The van der Waals surface area contributed by atoms with Crippen LogP contribution >= 0.6 is 12.2 Å². The molecule has 2 nitrogen and oxygen atoms in total. The van der Waals surface area contributed by atoms with E-state index in [1.54, 1.807) is 0 Å². The molecule has 0 fully saturated rings. The van der Waals surface area contributed by atoms with Gasteiger partial charge in [-0.15, -0.1) is 0 Å². The second kappa shape index (κ2) is 4.13. The highest BCUT2D eigenvalue weighted by molar-refractivity contribution is 7.80. The van der Waals surface area contributed by atoms with E-state index in [1.165, 1.54) is 24.8 Å². The number of nitrogens with one attached hydrogen (secondary N) is 1. The molecule has 0 spiro atoms. The van der Waals surface area contributed by atoms with Crippen molar-refractivity contribution in [1.82, 2.24) is 10.6 Å². The number of hydrogen-bond donors (Lipinski definition) is 1. The monoisotopic (exact) mass is 207 g/mol. The van der Waals surface area contributed by atoms with Crippen LogP contribution < -0.4 is 10.6 Å². The zero-order valence-electron chi connectivity index (χ0n) is 8.42. The van der Waals surface area contributed by atoms with Gasteiger partial charge in [0.15, 0.2) is 5.11 Å². The summed E-state index contributed by atoms with van der Waals surface area (Å²) in [6, 6.07) is 0. The molecule has 1 aliphatic carbocycles. The lowest BCUT2D eigenvalue weighted by atomic mass is 9.87. The molecule has 2 rings (SSSR count). The molecule has 0 aromatic heterocycles. The molecule has 1 unspecified atom stereocenters. The predicted octanol–water partition coefficient (Wildman–Crippen LogP) is 2.46. The highest BCUT2D eigenvalue weighted by Gasteiger charge is 2.18. The summed E-state index contributed by atoms with van der Waals surface area (Å²) in [5.74, 6) is 0.761. The van der Waals surface area contributed by atoms with Crippen LogP contribution in [0.2, 0.25) is 0 Å². The highest BCUT2D eigenvalue weighted by Crippen LogP contribution is 2.28. The van der Waals surface area contributed by atoms with Crippen molar-refractivity contribution in [3.63, 3.8) is 0 Å². The Labute approximate surface area is 90.5 Å². The maximum absolute atomic E-state index is 4.94. The lowest BCUT2D eigenvalue weighted by Gasteiger charge is -2.19. The third-order valence-electron chi connectivity index (χ3n) is 2.85. The van der Waals surface area contributed by atoms with E-state index in [9.17, 15) is 0 Å². The zero-order chi connectivity index (χ0) is 9.97. The van der Waals surface area contributed by atoms with Crippen LogP contribution in [0.5, 0.6) is 0 Å². The first-order valence-electron chi connectivity index (χ1n) is 5.11. The van der Waals surface area contributed by atoms with Crippen LogP contribution in [-0.4, -0.2) is 5.11 Å². The molecule has 1 aliphatic heterocycles. The van der Waals surface area contributed by atoms with E-state index in [4.69, 9.17) is 12.2 Å². The number of rotatable bonds is 2. The Hall–Kier alpha value is -0.830. The SMILES string of the molecule is CC1=CCC(CC2=CNC(=S)[N]2)CC1.